The number of hydrogen-bond acceptors (Lipinski definition) is 2. The molecular weight excluding hydrogens is 362 g/mol. The number of aromatic nitrogens is 1. The van der Waals surface area contributed by atoms with Crippen molar-refractivity contribution in [3.05, 3.63) is 40.9 Å². The molecule has 1 aromatic rings. The van der Waals surface area contributed by atoms with Crippen molar-refractivity contribution in [2.75, 3.05) is 0 Å². The van der Waals surface area contributed by atoms with Crippen molar-refractivity contribution in [3.63, 3.8) is 0 Å². The summed E-state index contributed by atoms with van der Waals surface area (Å²) in [4.78, 5) is 4.01. The molecule has 21 heavy (non-hydrogen) atoms. The van der Waals surface area contributed by atoms with E-state index in [0.717, 1.165) is 6.08 Å². The molecule has 0 saturated heterocycles. The first-order valence-electron chi connectivity index (χ1n) is 6.31. The van der Waals surface area contributed by atoms with E-state index in [9.17, 15) is 13.0 Å². The molecule has 0 aliphatic carbocycles. The van der Waals surface area contributed by atoms with Crippen LogP contribution in [0.25, 0.3) is 0 Å². The summed E-state index contributed by atoms with van der Waals surface area (Å²) in [5, 5.41) is 0. The minimum Gasteiger partial charge on any atom is -0.242 e. The van der Waals surface area contributed by atoms with Crippen LogP contribution in [0, 0.1) is 5.82 Å². The topological polar surface area (TPSA) is 42.0 Å². The van der Waals surface area contributed by atoms with Crippen molar-refractivity contribution in [1.82, 2.24) is 9.71 Å². The number of rotatable bonds is 5. The van der Waals surface area contributed by atoms with E-state index < -0.39 is 33.3 Å². The maximum absolute atomic E-state index is 14.4. The number of nitrogens with zero attached hydrogens (tertiary/aromatic N) is 1. The zero-order chi connectivity index (χ0) is 16.4. The van der Waals surface area contributed by atoms with Gasteiger partial charge in [0.1, 0.15) is 27.8 Å². The lowest BCUT2D eigenvalue weighted by atomic mass is 9.92. The zero-order valence-electron chi connectivity index (χ0n) is 12.4. The number of alkyl halides is 1. The molecule has 118 valence electrons. The first-order valence-corrected chi connectivity index (χ1v) is 8.25. The lowest BCUT2D eigenvalue weighted by molar-refractivity contribution is 0.225. The number of halogens is 3. The molecule has 1 heterocycles. The predicted molar refractivity (Wildman–Crippen MR) is 85.4 cm³/mol. The molecule has 0 fully saturated rings. The van der Waals surface area contributed by atoms with E-state index in [4.69, 9.17) is 0 Å². The average molecular weight is 381 g/mol. The monoisotopic (exact) mass is 380 g/mol. The van der Waals surface area contributed by atoms with Crippen molar-refractivity contribution in [1.29, 1.82) is 0 Å². The van der Waals surface area contributed by atoms with E-state index >= 15 is 0 Å². The van der Waals surface area contributed by atoms with Crippen LogP contribution >= 0.6 is 15.9 Å². The molecule has 0 saturated carbocycles. The molecular formula is C14H19BrF2N2OS. The Labute approximate surface area is 135 Å². The summed E-state index contributed by atoms with van der Waals surface area (Å²) >= 11 is 3.14. The minimum atomic E-state index is -1.67. The lowest BCUT2D eigenvalue weighted by Gasteiger charge is -2.34. The summed E-state index contributed by atoms with van der Waals surface area (Å²) in [7, 11) is -1.60. The van der Waals surface area contributed by atoms with Crippen LogP contribution in [0.2, 0.25) is 0 Å². The Hall–Kier alpha value is -0.660. The molecule has 0 aliphatic rings. The van der Waals surface area contributed by atoms with Crippen molar-refractivity contribution < 1.29 is 13.0 Å². The normalized spacial score (nSPS) is 17.9. The van der Waals surface area contributed by atoms with Gasteiger partial charge >= 0.3 is 0 Å². The van der Waals surface area contributed by atoms with Crippen LogP contribution in [0.1, 0.15) is 33.4 Å². The second-order valence-corrected chi connectivity index (χ2v) is 8.57. The standard InChI is InChI=1S/C14H19BrF2N2OS/c1-6-10(17)14(5,19-21(20)13(2,3)4)12-9(16)7-8-11(15)18-12/h6-8,10,19H,1H2,2-5H3/t10-,14-,21+/m0/s1. The molecule has 1 rings (SSSR count). The number of hydrogen-bond donors (Lipinski definition) is 1. The van der Waals surface area contributed by atoms with Crippen LogP contribution in [0.3, 0.4) is 0 Å². The van der Waals surface area contributed by atoms with Gasteiger partial charge in [0.05, 0.1) is 15.7 Å². The third-order valence-electron chi connectivity index (χ3n) is 2.92. The summed E-state index contributed by atoms with van der Waals surface area (Å²) < 4.78 is 43.2. The molecule has 0 unspecified atom stereocenters. The van der Waals surface area contributed by atoms with Gasteiger partial charge in [0, 0.05) is 0 Å². The zero-order valence-corrected chi connectivity index (χ0v) is 14.8. The van der Waals surface area contributed by atoms with Gasteiger partial charge in [-0.3, -0.25) is 0 Å². The van der Waals surface area contributed by atoms with Crippen molar-refractivity contribution in [2.45, 2.75) is 44.2 Å². The summed E-state index contributed by atoms with van der Waals surface area (Å²) in [6, 6.07) is 2.60. The van der Waals surface area contributed by atoms with E-state index in [-0.39, 0.29) is 5.69 Å². The van der Waals surface area contributed by atoms with Gasteiger partial charge in [-0.2, -0.15) is 0 Å². The molecule has 1 aromatic heterocycles. The van der Waals surface area contributed by atoms with Crippen LogP contribution < -0.4 is 4.72 Å². The summed E-state index contributed by atoms with van der Waals surface area (Å²) in [6.45, 7) is 10.0. The maximum Gasteiger partial charge on any atom is 0.146 e. The number of nitrogens with one attached hydrogen (secondary N) is 1. The summed E-state index contributed by atoms with van der Waals surface area (Å²) in [6.07, 6.45) is -0.630. The quantitative estimate of drug-likeness (QED) is 0.623. The Balaban J connectivity index is 3.37. The molecule has 0 aromatic carbocycles. The second kappa shape index (κ2) is 6.62. The first-order chi connectivity index (χ1) is 9.52. The Morgan fingerprint density at radius 3 is 2.48 bits per heavy atom. The molecule has 1 N–H and O–H groups in total. The van der Waals surface area contributed by atoms with E-state index in [1.165, 1.54) is 19.1 Å². The smallest absolute Gasteiger partial charge is 0.146 e. The molecule has 0 radical (unpaired) electrons. The highest BCUT2D eigenvalue weighted by Crippen LogP contribution is 2.31. The lowest BCUT2D eigenvalue weighted by Crippen LogP contribution is -2.52. The highest BCUT2D eigenvalue weighted by Gasteiger charge is 2.41. The van der Waals surface area contributed by atoms with Gasteiger partial charge < -0.3 is 0 Å². The highest BCUT2D eigenvalue weighted by atomic mass is 79.9. The van der Waals surface area contributed by atoms with Gasteiger partial charge in [-0.05, 0) is 55.8 Å². The van der Waals surface area contributed by atoms with E-state index in [0.29, 0.717) is 4.60 Å². The Bertz CT molecular complexity index is 562. The fraction of sp³-hybridized carbons (Fsp3) is 0.500. The average Bonchev–Trinajstić information content (AvgIpc) is 2.39. The molecule has 7 heteroatoms. The SMILES string of the molecule is C=C[C@H](F)[C@](C)(N[S@](=O)C(C)(C)C)c1nc(Br)ccc1F. The van der Waals surface area contributed by atoms with Gasteiger partial charge in [0.25, 0.3) is 0 Å². The van der Waals surface area contributed by atoms with Gasteiger partial charge in [-0.15, -0.1) is 6.58 Å². The maximum atomic E-state index is 14.4. The third-order valence-corrected chi connectivity index (χ3v) is 5.09. The molecule has 0 spiro atoms. The molecule has 0 bridgehead atoms. The van der Waals surface area contributed by atoms with Crippen LogP contribution in [0.15, 0.2) is 29.4 Å². The Morgan fingerprint density at radius 1 is 1.43 bits per heavy atom. The third kappa shape index (κ3) is 4.17. The van der Waals surface area contributed by atoms with Crippen LogP contribution in [0.5, 0.6) is 0 Å². The van der Waals surface area contributed by atoms with Crippen LogP contribution in [-0.4, -0.2) is 20.1 Å². The van der Waals surface area contributed by atoms with Gasteiger partial charge in [-0.1, -0.05) is 6.08 Å². The highest BCUT2D eigenvalue weighted by molar-refractivity contribution is 9.10. The molecule has 3 atom stereocenters. The predicted octanol–water partition coefficient (Wildman–Crippen LogP) is 3.77. The number of pyridine rings is 1. The van der Waals surface area contributed by atoms with Crippen LogP contribution in [-0.2, 0) is 16.5 Å². The fourth-order valence-corrected chi connectivity index (χ4v) is 2.81. The molecule has 0 amide bonds. The van der Waals surface area contributed by atoms with Crippen molar-refractivity contribution >= 4 is 26.9 Å². The van der Waals surface area contributed by atoms with Gasteiger partial charge in [0.2, 0.25) is 0 Å². The second-order valence-electron chi connectivity index (χ2n) is 5.79. The van der Waals surface area contributed by atoms with Gasteiger partial charge in [0.15, 0.2) is 0 Å². The minimum absolute atomic E-state index is 0.151. The van der Waals surface area contributed by atoms with Crippen molar-refractivity contribution in [3.8, 4) is 0 Å². The molecule has 0 aliphatic heterocycles. The molecule has 3 nitrogen and oxygen atoms in total. The van der Waals surface area contributed by atoms with Gasteiger partial charge in [-0.25, -0.2) is 22.7 Å². The summed E-state index contributed by atoms with van der Waals surface area (Å²) in [5.74, 6) is -0.677. The fourth-order valence-electron chi connectivity index (χ4n) is 1.60. The Morgan fingerprint density at radius 2 is 2.00 bits per heavy atom. The summed E-state index contributed by atoms with van der Waals surface area (Å²) in [5.41, 5.74) is -1.74. The van der Waals surface area contributed by atoms with Crippen molar-refractivity contribution in [2.24, 2.45) is 0 Å². The van der Waals surface area contributed by atoms with E-state index in [1.54, 1.807) is 20.8 Å². The Kier molecular flexibility index (Phi) is 5.80. The van der Waals surface area contributed by atoms with E-state index in [2.05, 4.69) is 32.2 Å². The van der Waals surface area contributed by atoms with E-state index in [1.807, 2.05) is 0 Å². The van der Waals surface area contributed by atoms with Crippen LogP contribution in [0.4, 0.5) is 8.78 Å². The first kappa shape index (κ1) is 18.4. The largest absolute Gasteiger partial charge is 0.242 e.